The fourth-order valence-electron chi connectivity index (χ4n) is 3.56. The number of nitrogens with zero attached hydrogens (tertiary/aromatic N) is 4. The Bertz CT molecular complexity index is 868. The average Bonchev–Trinajstić information content (AvgIpc) is 2.79. The Morgan fingerprint density at radius 3 is 2.24 bits per heavy atom. The van der Waals surface area contributed by atoms with Crippen LogP contribution in [0.3, 0.4) is 0 Å². The van der Waals surface area contributed by atoms with E-state index in [1.54, 1.807) is 24.5 Å². The standard InChI is InChI=1S/C23H25FN4O/c24-20-7-9-21(10-8-20)29-22(19-5-2-1-3-6-19)11-14-27-15-17-28(18-16-27)23-25-12-4-13-26-23/h1-10,12-13,22H,11,14-18H2. The van der Waals surface area contributed by atoms with Gasteiger partial charge in [0.05, 0.1) is 0 Å². The highest BCUT2D eigenvalue weighted by atomic mass is 19.1. The molecule has 3 aromatic rings. The average molecular weight is 392 g/mol. The van der Waals surface area contributed by atoms with Gasteiger partial charge in [-0.1, -0.05) is 30.3 Å². The molecule has 0 amide bonds. The maximum Gasteiger partial charge on any atom is 0.225 e. The Morgan fingerprint density at radius 2 is 1.55 bits per heavy atom. The number of ether oxygens (including phenoxy) is 1. The molecule has 0 spiro atoms. The van der Waals surface area contributed by atoms with Crippen LogP contribution < -0.4 is 9.64 Å². The molecule has 0 bridgehead atoms. The third-order valence-corrected chi connectivity index (χ3v) is 5.18. The number of benzene rings is 2. The minimum absolute atomic E-state index is 0.0721. The summed E-state index contributed by atoms with van der Waals surface area (Å²) in [7, 11) is 0. The number of hydrogen-bond acceptors (Lipinski definition) is 5. The van der Waals surface area contributed by atoms with Crippen molar-refractivity contribution in [3.63, 3.8) is 0 Å². The SMILES string of the molecule is Fc1ccc(OC(CCN2CCN(c3ncccn3)CC2)c2ccccc2)cc1. The highest BCUT2D eigenvalue weighted by molar-refractivity contribution is 5.29. The zero-order valence-electron chi connectivity index (χ0n) is 16.3. The van der Waals surface area contributed by atoms with E-state index >= 15 is 0 Å². The summed E-state index contributed by atoms with van der Waals surface area (Å²) < 4.78 is 19.4. The lowest BCUT2D eigenvalue weighted by Crippen LogP contribution is -2.47. The van der Waals surface area contributed by atoms with Gasteiger partial charge in [-0.3, -0.25) is 4.90 Å². The molecule has 0 radical (unpaired) electrons. The number of halogens is 1. The topological polar surface area (TPSA) is 41.5 Å². The van der Waals surface area contributed by atoms with Gasteiger partial charge in [-0.15, -0.1) is 0 Å². The van der Waals surface area contributed by atoms with Crippen molar-refractivity contribution in [1.29, 1.82) is 0 Å². The third kappa shape index (κ3) is 5.29. The van der Waals surface area contributed by atoms with Crippen molar-refractivity contribution < 1.29 is 9.13 Å². The first-order chi connectivity index (χ1) is 14.3. The summed E-state index contributed by atoms with van der Waals surface area (Å²) in [6.45, 7) is 4.70. The monoisotopic (exact) mass is 392 g/mol. The summed E-state index contributed by atoms with van der Waals surface area (Å²) in [6, 6.07) is 18.3. The molecule has 1 aromatic heterocycles. The van der Waals surface area contributed by atoms with E-state index in [-0.39, 0.29) is 11.9 Å². The van der Waals surface area contributed by atoms with Crippen molar-refractivity contribution >= 4 is 5.95 Å². The van der Waals surface area contributed by atoms with Gasteiger partial charge in [-0.2, -0.15) is 0 Å². The van der Waals surface area contributed by atoms with Crippen molar-refractivity contribution in [2.45, 2.75) is 12.5 Å². The molecule has 5 nitrogen and oxygen atoms in total. The first-order valence-electron chi connectivity index (χ1n) is 9.99. The first kappa shape index (κ1) is 19.3. The minimum atomic E-state index is -0.256. The molecular weight excluding hydrogens is 367 g/mol. The molecule has 1 atom stereocenters. The van der Waals surface area contributed by atoms with Crippen LogP contribution in [-0.2, 0) is 0 Å². The van der Waals surface area contributed by atoms with Gasteiger partial charge in [0.25, 0.3) is 0 Å². The zero-order chi connectivity index (χ0) is 19.9. The fourth-order valence-corrected chi connectivity index (χ4v) is 3.56. The predicted octanol–water partition coefficient (Wildman–Crippen LogP) is 3.95. The Morgan fingerprint density at radius 1 is 0.862 bits per heavy atom. The van der Waals surface area contributed by atoms with Crippen LogP contribution in [0.5, 0.6) is 5.75 Å². The van der Waals surface area contributed by atoms with E-state index in [2.05, 4.69) is 31.9 Å². The van der Waals surface area contributed by atoms with Crippen LogP contribution >= 0.6 is 0 Å². The van der Waals surface area contributed by atoms with Crippen LogP contribution in [0.1, 0.15) is 18.1 Å². The van der Waals surface area contributed by atoms with E-state index < -0.39 is 0 Å². The summed E-state index contributed by atoms with van der Waals surface area (Å²) in [4.78, 5) is 13.4. The van der Waals surface area contributed by atoms with E-state index in [1.165, 1.54) is 12.1 Å². The second-order valence-electron chi connectivity index (χ2n) is 7.14. The Balaban J connectivity index is 1.35. The molecule has 29 heavy (non-hydrogen) atoms. The van der Waals surface area contributed by atoms with Gasteiger partial charge in [0.1, 0.15) is 17.7 Å². The number of hydrogen-bond donors (Lipinski definition) is 0. The van der Waals surface area contributed by atoms with E-state index in [0.717, 1.165) is 50.7 Å². The molecule has 0 N–H and O–H groups in total. The molecule has 150 valence electrons. The highest BCUT2D eigenvalue weighted by Crippen LogP contribution is 2.25. The molecule has 6 heteroatoms. The Labute approximate surface area is 170 Å². The lowest BCUT2D eigenvalue weighted by molar-refractivity contribution is 0.160. The maximum atomic E-state index is 13.2. The molecule has 1 fully saturated rings. The van der Waals surface area contributed by atoms with Crippen molar-refractivity contribution in [2.75, 3.05) is 37.6 Å². The molecule has 0 saturated carbocycles. The summed E-state index contributed by atoms with van der Waals surface area (Å²) in [5.74, 6) is 1.23. The second kappa shape index (κ2) is 9.47. The molecule has 1 aliphatic rings. The third-order valence-electron chi connectivity index (χ3n) is 5.18. The zero-order valence-corrected chi connectivity index (χ0v) is 16.3. The number of piperazine rings is 1. The van der Waals surface area contributed by atoms with Crippen LogP contribution in [-0.4, -0.2) is 47.6 Å². The molecular formula is C23H25FN4O. The predicted molar refractivity (Wildman–Crippen MR) is 112 cm³/mol. The number of aromatic nitrogens is 2. The van der Waals surface area contributed by atoms with E-state index in [1.807, 2.05) is 24.3 Å². The highest BCUT2D eigenvalue weighted by Gasteiger charge is 2.21. The van der Waals surface area contributed by atoms with Gasteiger partial charge >= 0.3 is 0 Å². The Kier molecular flexibility index (Phi) is 6.32. The summed E-state index contributed by atoms with van der Waals surface area (Å²) in [5, 5.41) is 0. The van der Waals surface area contributed by atoms with Crippen LogP contribution in [0.2, 0.25) is 0 Å². The van der Waals surface area contributed by atoms with Gasteiger partial charge in [-0.05, 0) is 35.9 Å². The first-order valence-corrected chi connectivity index (χ1v) is 9.99. The van der Waals surface area contributed by atoms with Gasteiger partial charge in [0.2, 0.25) is 5.95 Å². The molecule has 1 unspecified atom stereocenters. The van der Waals surface area contributed by atoms with Crippen LogP contribution in [0.4, 0.5) is 10.3 Å². The van der Waals surface area contributed by atoms with E-state index in [9.17, 15) is 4.39 Å². The lowest BCUT2D eigenvalue weighted by Gasteiger charge is -2.35. The van der Waals surface area contributed by atoms with Crippen molar-refractivity contribution in [2.24, 2.45) is 0 Å². The van der Waals surface area contributed by atoms with Gasteiger partial charge < -0.3 is 9.64 Å². The van der Waals surface area contributed by atoms with Gasteiger partial charge in [0, 0.05) is 51.5 Å². The normalized spacial score (nSPS) is 15.8. The van der Waals surface area contributed by atoms with Gasteiger partial charge in [-0.25, -0.2) is 14.4 Å². The molecule has 0 aliphatic carbocycles. The minimum Gasteiger partial charge on any atom is -0.486 e. The molecule has 1 saturated heterocycles. The quantitative estimate of drug-likeness (QED) is 0.609. The van der Waals surface area contributed by atoms with E-state index in [4.69, 9.17) is 4.74 Å². The lowest BCUT2D eigenvalue weighted by atomic mass is 10.1. The van der Waals surface area contributed by atoms with Crippen LogP contribution in [0, 0.1) is 5.82 Å². The van der Waals surface area contributed by atoms with Gasteiger partial charge in [0.15, 0.2) is 0 Å². The number of rotatable bonds is 7. The second-order valence-corrected chi connectivity index (χ2v) is 7.14. The fraction of sp³-hybridized carbons (Fsp3) is 0.304. The Hall–Kier alpha value is -2.99. The molecule has 4 rings (SSSR count). The van der Waals surface area contributed by atoms with E-state index in [0.29, 0.717) is 5.75 Å². The largest absolute Gasteiger partial charge is 0.486 e. The van der Waals surface area contributed by atoms with Crippen molar-refractivity contribution in [1.82, 2.24) is 14.9 Å². The molecule has 1 aliphatic heterocycles. The van der Waals surface area contributed by atoms with Crippen molar-refractivity contribution in [3.8, 4) is 5.75 Å². The molecule has 2 aromatic carbocycles. The maximum absolute atomic E-state index is 13.2. The summed E-state index contributed by atoms with van der Waals surface area (Å²) >= 11 is 0. The molecule has 2 heterocycles. The van der Waals surface area contributed by atoms with Crippen LogP contribution in [0.15, 0.2) is 73.1 Å². The van der Waals surface area contributed by atoms with Crippen LogP contribution in [0.25, 0.3) is 0 Å². The van der Waals surface area contributed by atoms with Crippen molar-refractivity contribution in [3.05, 3.63) is 84.4 Å². The summed E-state index contributed by atoms with van der Waals surface area (Å²) in [5.41, 5.74) is 1.13. The smallest absolute Gasteiger partial charge is 0.225 e. The number of anilines is 1. The summed E-state index contributed by atoms with van der Waals surface area (Å²) in [6.07, 6.45) is 4.36.